The van der Waals surface area contributed by atoms with Crippen LogP contribution < -0.4 is 5.56 Å². The lowest BCUT2D eigenvalue weighted by atomic mass is 10.1. The van der Waals surface area contributed by atoms with Gasteiger partial charge in [0.15, 0.2) is 0 Å². The first-order valence-corrected chi connectivity index (χ1v) is 11.7. The van der Waals surface area contributed by atoms with Crippen LogP contribution in [0.5, 0.6) is 0 Å². The SMILES string of the molecule is CC[C@H](C)c1nc2ccc(Br)cc2c(=O)n1N=Cc1ccc(-c2ccc(Br)c(Cl)c2)o1. The van der Waals surface area contributed by atoms with Crippen molar-refractivity contribution >= 4 is 60.6 Å². The van der Waals surface area contributed by atoms with Gasteiger partial charge in [0.1, 0.15) is 17.3 Å². The molecule has 2 heterocycles. The lowest BCUT2D eigenvalue weighted by Gasteiger charge is -2.13. The maximum atomic E-state index is 13.2. The Balaban J connectivity index is 1.75. The minimum Gasteiger partial charge on any atom is -0.455 e. The van der Waals surface area contributed by atoms with Crippen LogP contribution in [0.15, 0.2) is 71.8 Å². The van der Waals surface area contributed by atoms with Gasteiger partial charge < -0.3 is 4.42 Å². The summed E-state index contributed by atoms with van der Waals surface area (Å²) < 4.78 is 8.89. The quantitative estimate of drug-likeness (QED) is 0.241. The van der Waals surface area contributed by atoms with Crippen molar-refractivity contribution in [3.8, 4) is 11.3 Å². The molecule has 0 aliphatic heterocycles. The smallest absolute Gasteiger partial charge is 0.282 e. The normalized spacial score (nSPS) is 12.7. The Labute approximate surface area is 201 Å². The third-order valence-electron chi connectivity index (χ3n) is 5.02. The molecule has 0 radical (unpaired) electrons. The van der Waals surface area contributed by atoms with Crippen molar-refractivity contribution in [1.29, 1.82) is 0 Å². The van der Waals surface area contributed by atoms with Crippen molar-refractivity contribution in [2.24, 2.45) is 5.10 Å². The topological polar surface area (TPSA) is 60.4 Å². The fraction of sp³-hybridized carbons (Fsp3) is 0.174. The summed E-state index contributed by atoms with van der Waals surface area (Å²) in [7, 11) is 0. The highest BCUT2D eigenvalue weighted by atomic mass is 79.9. The first kappa shape index (κ1) is 22.0. The lowest BCUT2D eigenvalue weighted by Crippen LogP contribution is -2.23. The zero-order valence-corrected chi connectivity index (χ0v) is 20.7. The average Bonchev–Trinajstić information content (AvgIpc) is 3.23. The molecule has 5 nitrogen and oxygen atoms in total. The van der Waals surface area contributed by atoms with Crippen LogP contribution in [0.2, 0.25) is 5.02 Å². The van der Waals surface area contributed by atoms with E-state index in [-0.39, 0.29) is 11.5 Å². The molecule has 0 aliphatic carbocycles. The van der Waals surface area contributed by atoms with Crippen molar-refractivity contribution < 1.29 is 4.42 Å². The molecule has 0 saturated carbocycles. The summed E-state index contributed by atoms with van der Waals surface area (Å²) in [6.07, 6.45) is 2.36. The Bertz CT molecular complexity index is 1360. The number of hydrogen-bond acceptors (Lipinski definition) is 4. The number of rotatable bonds is 5. The van der Waals surface area contributed by atoms with Gasteiger partial charge in [-0.2, -0.15) is 9.78 Å². The number of furan rings is 1. The average molecular weight is 564 g/mol. The Morgan fingerprint density at radius 1 is 1.19 bits per heavy atom. The highest BCUT2D eigenvalue weighted by molar-refractivity contribution is 9.10. The summed E-state index contributed by atoms with van der Waals surface area (Å²) in [5.74, 6) is 1.86. The maximum absolute atomic E-state index is 13.2. The van der Waals surface area contributed by atoms with E-state index in [2.05, 4.69) is 43.9 Å². The second-order valence-corrected chi connectivity index (χ2v) is 9.31. The number of fused-ring (bicyclic) bond motifs is 1. The molecule has 0 unspecified atom stereocenters. The van der Waals surface area contributed by atoms with Crippen molar-refractivity contribution in [2.45, 2.75) is 26.2 Å². The third-order valence-corrected chi connectivity index (χ3v) is 6.74. The molecule has 4 aromatic rings. The van der Waals surface area contributed by atoms with Crippen LogP contribution in [-0.4, -0.2) is 15.9 Å². The van der Waals surface area contributed by atoms with Crippen molar-refractivity contribution in [2.75, 3.05) is 0 Å². The molecular formula is C23H18Br2ClN3O2. The van der Waals surface area contributed by atoms with Gasteiger partial charge >= 0.3 is 0 Å². The maximum Gasteiger partial charge on any atom is 0.282 e. The largest absolute Gasteiger partial charge is 0.455 e. The van der Waals surface area contributed by atoms with Crippen LogP contribution in [0.25, 0.3) is 22.2 Å². The number of halogens is 3. The summed E-state index contributed by atoms with van der Waals surface area (Å²) in [6, 6.07) is 14.7. The molecule has 2 aromatic carbocycles. The molecule has 0 spiro atoms. The van der Waals surface area contributed by atoms with E-state index < -0.39 is 0 Å². The molecule has 31 heavy (non-hydrogen) atoms. The summed E-state index contributed by atoms with van der Waals surface area (Å²) in [4.78, 5) is 17.9. The van der Waals surface area contributed by atoms with Crippen LogP contribution >= 0.6 is 43.5 Å². The minimum atomic E-state index is -0.218. The second kappa shape index (κ2) is 9.10. The van der Waals surface area contributed by atoms with Gasteiger partial charge in [-0.05, 0) is 64.8 Å². The van der Waals surface area contributed by atoms with E-state index in [4.69, 9.17) is 21.0 Å². The van der Waals surface area contributed by atoms with Crippen LogP contribution in [0.1, 0.15) is 37.8 Å². The summed E-state index contributed by atoms with van der Waals surface area (Å²) in [5, 5.41) is 5.54. The van der Waals surface area contributed by atoms with E-state index in [0.717, 1.165) is 20.9 Å². The molecule has 0 amide bonds. The van der Waals surface area contributed by atoms with E-state index in [0.29, 0.717) is 33.3 Å². The molecular weight excluding hydrogens is 546 g/mol. The predicted molar refractivity (Wildman–Crippen MR) is 132 cm³/mol. The van der Waals surface area contributed by atoms with E-state index in [9.17, 15) is 4.79 Å². The lowest BCUT2D eigenvalue weighted by molar-refractivity contribution is 0.571. The standard InChI is InChI=1S/C23H18Br2ClN3O2/c1-3-13(2)22-28-20-8-5-15(24)11-17(20)23(30)29(22)27-12-16-6-9-21(31-16)14-4-7-18(25)19(26)10-14/h4-13H,3H2,1-2H3/t13-/m0/s1. The fourth-order valence-electron chi connectivity index (χ4n) is 3.12. The Hall–Kier alpha value is -2.22. The van der Waals surface area contributed by atoms with E-state index in [1.807, 2.05) is 43.3 Å². The number of aromatic nitrogens is 2. The molecule has 0 saturated heterocycles. The summed E-state index contributed by atoms with van der Waals surface area (Å²) in [5.41, 5.74) is 1.29. The molecule has 8 heteroatoms. The van der Waals surface area contributed by atoms with Crippen LogP contribution in [0.3, 0.4) is 0 Å². The van der Waals surface area contributed by atoms with Crippen molar-refractivity contribution in [3.05, 3.63) is 84.4 Å². The van der Waals surface area contributed by atoms with Gasteiger partial charge in [-0.15, -0.1) is 0 Å². The highest BCUT2D eigenvalue weighted by Gasteiger charge is 2.16. The molecule has 158 valence electrons. The molecule has 0 N–H and O–H groups in total. The molecule has 0 aliphatic rings. The monoisotopic (exact) mass is 561 g/mol. The van der Waals surface area contributed by atoms with Crippen LogP contribution in [-0.2, 0) is 0 Å². The Kier molecular flexibility index (Phi) is 6.46. The molecule has 2 aromatic heterocycles. The Morgan fingerprint density at radius 2 is 2.00 bits per heavy atom. The van der Waals surface area contributed by atoms with Gasteiger partial charge in [0.2, 0.25) is 0 Å². The minimum absolute atomic E-state index is 0.0648. The Morgan fingerprint density at radius 3 is 2.74 bits per heavy atom. The van der Waals surface area contributed by atoms with Gasteiger partial charge in [0, 0.05) is 20.4 Å². The van der Waals surface area contributed by atoms with E-state index >= 15 is 0 Å². The van der Waals surface area contributed by atoms with Crippen molar-refractivity contribution in [1.82, 2.24) is 9.66 Å². The molecule has 1 atom stereocenters. The summed E-state index contributed by atoms with van der Waals surface area (Å²) in [6.45, 7) is 4.08. The fourth-order valence-corrected chi connectivity index (χ4v) is 3.91. The molecule has 0 bridgehead atoms. The van der Waals surface area contributed by atoms with Gasteiger partial charge in [0.05, 0.1) is 22.1 Å². The van der Waals surface area contributed by atoms with Crippen molar-refractivity contribution in [3.63, 3.8) is 0 Å². The van der Waals surface area contributed by atoms with Gasteiger partial charge in [-0.3, -0.25) is 4.79 Å². The number of nitrogens with zero attached hydrogens (tertiary/aromatic N) is 3. The predicted octanol–water partition coefficient (Wildman–Crippen LogP) is 7.23. The van der Waals surface area contributed by atoms with E-state index in [1.54, 1.807) is 12.1 Å². The highest BCUT2D eigenvalue weighted by Crippen LogP contribution is 2.29. The number of benzene rings is 2. The van der Waals surface area contributed by atoms with Gasteiger partial charge in [-0.1, -0.05) is 47.4 Å². The second-order valence-electron chi connectivity index (χ2n) is 7.13. The van der Waals surface area contributed by atoms with Crippen LogP contribution in [0.4, 0.5) is 0 Å². The molecule has 0 fully saturated rings. The van der Waals surface area contributed by atoms with Gasteiger partial charge in [0.25, 0.3) is 5.56 Å². The first-order chi connectivity index (χ1) is 14.9. The summed E-state index contributed by atoms with van der Waals surface area (Å²) >= 11 is 13.0. The number of hydrogen-bond donors (Lipinski definition) is 0. The third kappa shape index (κ3) is 4.54. The zero-order chi connectivity index (χ0) is 22.1. The van der Waals surface area contributed by atoms with Gasteiger partial charge in [-0.25, -0.2) is 4.98 Å². The van der Waals surface area contributed by atoms with E-state index in [1.165, 1.54) is 10.9 Å². The molecule has 4 rings (SSSR count). The van der Waals surface area contributed by atoms with Crippen LogP contribution in [0, 0.1) is 0 Å². The first-order valence-electron chi connectivity index (χ1n) is 9.69. The zero-order valence-electron chi connectivity index (χ0n) is 16.8.